The van der Waals surface area contributed by atoms with Crippen molar-refractivity contribution in [1.29, 1.82) is 0 Å². The molecular weight excluding hydrogens is 344 g/mol. The molecule has 27 heavy (non-hydrogen) atoms. The molecule has 0 unspecified atom stereocenters. The summed E-state index contributed by atoms with van der Waals surface area (Å²) in [5, 5.41) is 0. The van der Waals surface area contributed by atoms with Gasteiger partial charge in [-0.3, -0.25) is 14.2 Å². The van der Waals surface area contributed by atoms with E-state index in [1.165, 1.54) is 0 Å². The van der Waals surface area contributed by atoms with Gasteiger partial charge < -0.3 is 14.8 Å². The molecule has 1 aromatic heterocycles. The molecule has 2 aliphatic rings. The van der Waals surface area contributed by atoms with Crippen molar-refractivity contribution in [1.82, 2.24) is 19.4 Å². The third kappa shape index (κ3) is 3.26. The Labute approximate surface area is 157 Å². The number of fused-ring (bicyclic) bond motifs is 2. The summed E-state index contributed by atoms with van der Waals surface area (Å²) in [5.41, 5.74) is 1.43. The summed E-state index contributed by atoms with van der Waals surface area (Å²) in [7, 11) is 3.72. The van der Waals surface area contributed by atoms with Crippen LogP contribution in [0.25, 0.3) is 11.0 Å². The summed E-state index contributed by atoms with van der Waals surface area (Å²) in [6, 6.07) is 7.70. The zero-order valence-corrected chi connectivity index (χ0v) is 15.9. The average molecular weight is 370 g/mol. The molecule has 1 saturated heterocycles. The average Bonchev–Trinajstić information content (AvgIpc) is 3.19. The highest BCUT2D eigenvalue weighted by Gasteiger charge is 2.42. The third-order valence-corrected chi connectivity index (χ3v) is 6.36. The number of benzene rings is 1. The van der Waals surface area contributed by atoms with Crippen LogP contribution < -0.4 is 5.69 Å². The van der Waals surface area contributed by atoms with Crippen molar-refractivity contribution < 1.29 is 9.59 Å². The first-order chi connectivity index (χ1) is 12.9. The van der Waals surface area contributed by atoms with E-state index >= 15 is 0 Å². The van der Waals surface area contributed by atoms with Crippen LogP contribution in [-0.4, -0.2) is 57.8 Å². The minimum absolute atomic E-state index is 0.0514. The standard InChI is InChI=1S/C20H26N4O3/c1-22-12-14-10-15(9-13(14)11-19(22)26)23(2)18(25)7-8-24-17-6-4-3-5-16(17)21-20(24)27/h3-6,13-15H,7-12H2,1-2H3,(H,21,27)/t13-,14+,15-/m0/s1. The number of aryl methyl sites for hydroxylation is 1. The van der Waals surface area contributed by atoms with E-state index < -0.39 is 0 Å². The van der Waals surface area contributed by atoms with Gasteiger partial charge in [0.2, 0.25) is 11.8 Å². The number of aromatic amines is 1. The molecule has 0 spiro atoms. The molecule has 7 nitrogen and oxygen atoms in total. The van der Waals surface area contributed by atoms with Gasteiger partial charge in [0, 0.05) is 46.1 Å². The third-order valence-electron chi connectivity index (χ3n) is 6.36. The quantitative estimate of drug-likeness (QED) is 0.884. The van der Waals surface area contributed by atoms with Gasteiger partial charge in [-0.05, 0) is 36.8 Å². The van der Waals surface area contributed by atoms with E-state index in [1.807, 2.05) is 48.2 Å². The van der Waals surface area contributed by atoms with E-state index in [0.29, 0.717) is 31.2 Å². The van der Waals surface area contributed by atoms with E-state index in [4.69, 9.17) is 0 Å². The second-order valence-corrected chi connectivity index (χ2v) is 7.98. The maximum atomic E-state index is 12.7. The highest BCUT2D eigenvalue weighted by Crippen LogP contribution is 2.40. The Morgan fingerprint density at radius 2 is 1.96 bits per heavy atom. The summed E-state index contributed by atoms with van der Waals surface area (Å²) in [6.45, 7) is 1.17. The first-order valence-corrected chi connectivity index (χ1v) is 9.61. The lowest BCUT2D eigenvalue weighted by Gasteiger charge is -2.31. The number of carbonyl (C=O) groups excluding carboxylic acids is 2. The molecule has 1 aliphatic carbocycles. The van der Waals surface area contributed by atoms with Crippen molar-refractivity contribution in [3.05, 3.63) is 34.7 Å². The maximum absolute atomic E-state index is 12.7. The monoisotopic (exact) mass is 370 g/mol. The molecule has 144 valence electrons. The Hall–Kier alpha value is -2.57. The summed E-state index contributed by atoms with van der Waals surface area (Å²) in [6.07, 6.45) is 2.75. The fraction of sp³-hybridized carbons (Fsp3) is 0.550. The van der Waals surface area contributed by atoms with Gasteiger partial charge >= 0.3 is 5.69 Å². The van der Waals surface area contributed by atoms with E-state index in [-0.39, 0.29) is 23.5 Å². The number of rotatable bonds is 4. The maximum Gasteiger partial charge on any atom is 0.326 e. The van der Waals surface area contributed by atoms with Crippen molar-refractivity contribution in [3.63, 3.8) is 0 Å². The van der Waals surface area contributed by atoms with Crippen molar-refractivity contribution in [2.75, 3.05) is 20.6 Å². The molecule has 4 rings (SSSR count). The van der Waals surface area contributed by atoms with Crippen LogP contribution in [0.3, 0.4) is 0 Å². The number of hydrogen-bond acceptors (Lipinski definition) is 3. The number of carbonyl (C=O) groups is 2. The Bertz CT molecular complexity index is 931. The van der Waals surface area contributed by atoms with Crippen LogP contribution in [0.15, 0.2) is 29.1 Å². The van der Waals surface area contributed by atoms with Crippen LogP contribution in [0.4, 0.5) is 0 Å². The fourth-order valence-corrected chi connectivity index (χ4v) is 4.72. The van der Waals surface area contributed by atoms with Crippen LogP contribution in [0.5, 0.6) is 0 Å². The van der Waals surface area contributed by atoms with Crippen LogP contribution in [0.1, 0.15) is 25.7 Å². The summed E-state index contributed by atoms with van der Waals surface area (Å²) in [5.74, 6) is 1.15. The lowest BCUT2D eigenvalue weighted by atomic mass is 9.88. The molecule has 1 aromatic carbocycles. The van der Waals surface area contributed by atoms with Crippen LogP contribution >= 0.6 is 0 Å². The van der Waals surface area contributed by atoms with Gasteiger partial charge in [-0.15, -0.1) is 0 Å². The van der Waals surface area contributed by atoms with E-state index in [1.54, 1.807) is 4.57 Å². The van der Waals surface area contributed by atoms with Crippen LogP contribution in [0, 0.1) is 11.8 Å². The van der Waals surface area contributed by atoms with Gasteiger partial charge in [0.15, 0.2) is 0 Å². The highest BCUT2D eigenvalue weighted by molar-refractivity contribution is 5.78. The van der Waals surface area contributed by atoms with Gasteiger partial charge in [0.1, 0.15) is 0 Å². The van der Waals surface area contributed by atoms with Gasteiger partial charge in [-0.25, -0.2) is 4.79 Å². The second kappa shape index (κ2) is 6.87. The number of amides is 2. The Morgan fingerprint density at radius 1 is 1.22 bits per heavy atom. The predicted molar refractivity (Wildman–Crippen MR) is 102 cm³/mol. The van der Waals surface area contributed by atoms with Gasteiger partial charge in [0.05, 0.1) is 11.0 Å². The van der Waals surface area contributed by atoms with Crippen molar-refractivity contribution in [2.24, 2.45) is 11.8 Å². The summed E-state index contributed by atoms with van der Waals surface area (Å²) < 4.78 is 1.63. The highest BCUT2D eigenvalue weighted by atomic mass is 16.2. The normalized spacial score (nSPS) is 25.0. The molecule has 7 heteroatoms. The lowest BCUT2D eigenvalue weighted by Crippen LogP contribution is -2.40. The molecule has 1 aliphatic heterocycles. The molecule has 1 N–H and O–H groups in total. The summed E-state index contributed by atoms with van der Waals surface area (Å²) >= 11 is 0. The number of para-hydroxylation sites is 2. The molecule has 2 fully saturated rings. The van der Waals surface area contributed by atoms with Crippen molar-refractivity contribution in [2.45, 2.75) is 38.3 Å². The van der Waals surface area contributed by atoms with E-state index in [9.17, 15) is 14.4 Å². The van der Waals surface area contributed by atoms with Gasteiger partial charge in [-0.1, -0.05) is 12.1 Å². The van der Waals surface area contributed by atoms with Crippen LogP contribution in [0.2, 0.25) is 0 Å². The largest absolute Gasteiger partial charge is 0.345 e. The van der Waals surface area contributed by atoms with E-state index in [2.05, 4.69) is 4.98 Å². The number of likely N-dealkylation sites (tertiary alicyclic amines) is 1. The smallest absolute Gasteiger partial charge is 0.326 e. The second-order valence-electron chi connectivity index (χ2n) is 7.98. The predicted octanol–water partition coefficient (Wildman–Crippen LogP) is 1.44. The van der Waals surface area contributed by atoms with Crippen molar-refractivity contribution >= 4 is 22.8 Å². The van der Waals surface area contributed by atoms with E-state index in [0.717, 1.165) is 30.4 Å². The van der Waals surface area contributed by atoms with Crippen molar-refractivity contribution in [3.8, 4) is 0 Å². The minimum atomic E-state index is -0.180. The number of H-pyrrole nitrogens is 1. The number of aromatic nitrogens is 2. The Morgan fingerprint density at radius 3 is 2.78 bits per heavy atom. The summed E-state index contributed by atoms with van der Waals surface area (Å²) in [4.78, 5) is 43.3. The molecule has 0 bridgehead atoms. The molecule has 2 aromatic rings. The number of imidazole rings is 1. The SMILES string of the molecule is CN1C[C@H]2C[C@@H](N(C)C(=O)CCn3c(=O)[nH]c4ccccc43)C[C@H]2CC1=O. The Kier molecular flexibility index (Phi) is 4.53. The molecule has 0 radical (unpaired) electrons. The van der Waals surface area contributed by atoms with Gasteiger partial charge in [0.25, 0.3) is 0 Å². The zero-order chi connectivity index (χ0) is 19.1. The van der Waals surface area contributed by atoms with Gasteiger partial charge in [-0.2, -0.15) is 0 Å². The Balaban J connectivity index is 1.39. The molecular formula is C20H26N4O3. The number of piperidine rings is 1. The topological polar surface area (TPSA) is 78.4 Å². The fourth-order valence-electron chi connectivity index (χ4n) is 4.72. The number of hydrogen-bond donors (Lipinski definition) is 1. The number of nitrogens with zero attached hydrogens (tertiary/aromatic N) is 3. The molecule has 2 heterocycles. The molecule has 2 amide bonds. The first-order valence-electron chi connectivity index (χ1n) is 9.61. The zero-order valence-electron chi connectivity index (χ0n) is 15.9. The molecule has 1 saturated carbocycles. The molecule has 3 atom stereocenters. The minimum Gasteiger partial charge on any atom is -0.345 e. The lowest BCUT2D eigenvalue weighted by molar-refractivity contribution is -0.135. The first kappa shape index (κ1) is 17.8. The van der Waals surface area contributed by atoms with Crippen LogP contribution in [-0.2, 0) is 16.1 Å². The number of nitrogens with one attached hydrogen (secondary N) is 1.